The van der Waals surface area contributed by atoms with Crippen LogP contribution < -0.4 is 15.0 Å². The molecule has 4 nitrogen and oxygen atoms in total. The predicted octanol–water partition coefficient (Wildman–Crippen LogP) is 1.24. The van der Waals surface area contributed by atoms with Crippen molar-refractivity contribution >= 4 is 5.69 Å². The lowest BCUT2D eigenvalue weighted by Crippen LogP contribution is -2.62. The molecule has 2 rings (SSSR count). The zero-order chi connectivity index (χ0) is 13.2. The Hall–Kier alpha value is -1.26. The molecule has 0 saturated carbocycles. The van der Waals surface area contributed by atoms with Crippen molar-refractivity contribution in [2.75, 3.05) is 31.7 Å². The van der Waals surface area contributed by atoms with Crippen LogP contribution in [0, 0.1) is 0 Å². The molecule has 1 heterocycles. The van der Waals surface area contributed by atoms with Crippen molar-refractivity contribution in [2.24, 2.45) is 0 Å². The average molecular weight is 250 g/mol. The first-order valence-electron chi connectivity index (χ1n) is 6.32. The van der Waals surface area contributed by atoms with E-state index in [4.69, 9.17) is 4.74 Å². The Labute approximate surface area is 109 Å². The first kappa shape index (κ1) is 13.2. The van der Waals surface area contributed by atoms with Crippen molar-refractivity contribution in [1.29, 1.82) is 0 Å². The fourth-order valence-electron chi connectivity index (χ4n) is 2.35. The number of aliphatic hydroxyl groups is 1. The van der Waals surface area contributed by atoms with Crippen molar-refractivity contribution in [1.82, 2.24) is 5.32 Å². The summed E-state index contributed by atoms with van der Waals surface area (Å²) in [6, 6.07) is 8.13. The van der Waals surface area contributed by atoms with Gasteiger partial charge in [-0.05, 0) is 38.1 Å². The predicted molar refractivity (Wildman–Crippen MR) is 73.3 cm³/mol. The number of hydrogen-bond acceptors (Lipinski definition) is 4. The maximum Gasteiger partial charge on any atom is 0.119 e. The van der Waals surface area contributed by atoms with Crippen LogP contribution in [0.4, 0.5) is 5.69 Å². The van der Waals surface area contributed by atoms with Crippen LogP contribution in [0.15, 0.2) is 24.3 Å². The molecule has 1 saturated heterocycles. The Morgan fingerprint density at radius 2 is 2.06 bits per heavy atom. The van der Waals surface area contributed by atoms with Crippen molar-refractivity contribution in [3.8, 4) is 5.75 Å². The minimum atomic E-state index is 0.0611. The lowest BCUT2D eigenvalue weighted by Gasteiger charge is -2.45. The highest BCUT2D eigenvalue weighted by atomic mass is 16.5. The van der Waals surface area contributed by atoms with E-state index < -0.39 is 0 Å². The van der Waals surface area contributed by atoms with Gasteiger partial charge in [-0.1, -0.05) is 0 Å². The summed E-state index contributed by atoms with van der Waals surface area (Å²) < 4.78 is 5.17. The van der Waals surface area contributed by atoms with Gasteiger partial charge in [0.25, 0.3) is 0 Å². The Bertz CT molecular complexity index is 389. The highest BCUT2D eigenvalue weighted by Gasteiger charge is 2.32. The lowest BCUT2D eigenvalue weighted by molar-refractivity contribution is 0.215. The van der Waals surface area contributed by atoms with E-state index in [2.05, 4.69) is 24.1 Å². The zero-order valence-electron chi connectivity index (χ0n) is 11.3. The smallest absolute Gasteiger partial charge is 0.119 e. The molecule has 1 aromatic rings. The number of benzene rings is 1. The highest BCUT2D eigenvalue weighted by Crippen LogP contribution is 2.25. The van der Waals surface area contributed by atoms with E-state index in [0.717, 1.165) is 24.5 Å². The van der Waals surface area contributed by atoms with Crippen LogP contribution in [-0.2, 0) is 0 Å². The summed E-state index contributed by atoms with van der Waals surface area (Å²) in [5.74, 6) is 0.855. The van der Waals surface area contributed by atoms with Crippen LogP contribution in [0.1, 0.15) is 13.8 Å². The zero-order valence-corrected chi connectivity index (χ0v) is 11.3. The molecular formula is C14H22N2O2. The largest absolute Gasteiger partial charge is 0.497 e. The Balaban J connectivity index is 2.21. The van der Waals surface area contributed by atoms with Crippen LogP contribution in [0.2, 0.25) is 0 Å². The SMILES string of the molecule is COc1ccc(N2CC(C)(C)NCC2CO)cc1. The van der Waals surface area contributed by atoms with Crippen molar-refractivity contribution in [2.45, 2.75) is 25.4 Å². The molecular weight excluding hydrogens is 228 g/mol. The van der Waals surface area contributed by atoms with Crippen LogP contribution in [-0.4, -0.2) is 43.5 Å². The minimum absolute atomic E-state index is 0.0611. The van der Waals surface area contributed by atoms with Crippen molar-refractivity contribution in [3.63, 3.8) is 0 Å². The van der Waals surface area contributed by atoms with E-state index >= 15 is 0 Å². The molecule has 1 fully saturated rings. The van der Waals surface area contributed by atoms with Gasteiger partial charge in [-0.15, -0.1) is 0 Å². The van der Waals surface area contributed by atoms with E-state index in [9.17, 15) is 5.11 Å². The van der Waals surface area contributed by atoms with E-state index in [0.29, 0.717) is 0 Å². The molecule has 1 aliphatic rings. The standard InChI is InChI=1S/C14H22N2O2/c1-14(2)10-16(12(9-17)8-15-14)11-4-6-13(18-3)7-5-11/h4-7,12,15,17H,8-10H2,1-3H3. The van der Waals surface area contributed by atoms with Gasteiger partial charge < -0.3 is 20.1 Å². The van der Waals surface area contributed by atoms with Gasteiger partial charge in [0.2, 0.25) is 0 Å². The number of methoxy groups -OCH3 is 1. The fraction of sp³-hybridized carbons (Fsp3) is 0.571. The molecule has 1 aliphatic heterocycles. The normalized spacial score (nSPS) is 22.9. The Kier molecular flexibility index (Phi) is 3.78. The van der Waals surface area contributed by atoms with Gasteiger partial charge in [0, 0.05) is 24.3 Å². The summed E-state index contributed by atoms with van der Waals surface area (Å²) in [7, 11) is 1.67. The summed E-state index contributed by atoms with van der Waals surface area (Å²) in [6.07, 6.45) is 0. The van der Waals surface area contributed by atoms with E-state index in [1.807, 2.05) is 24.3 Å². The Morgan fingerprint density at radius 1 is 1.39 bits per heavy atom. The molecule has 4 heteroatoms. The molecule has 1 aromatic carbocycles. The summed E-state index contributed by atoms with van der Waals surface area (Å²) in [5, 5.41) is 12.9. The molecule has 0 bridgehead atoms. The number of hydrogen-bond donors (Lipinski definition) is 2. The van der Waals surface area contributed by atoms with Crippen LogP contribution in [0.25, 0.3) is 0 Å². The third-order valence-corrected chi connectivity index (χ3v) is 3.44. The van der Waals surface area contributed by atoms with Gasteiger partial charge in [0.05, 0.1) is 19.8 Å². The third kappa shape index (κ3) is 2.76. The number of rotatable bonds is 3. The number of piperazine rings is 1. The van der Waals surface area contributed by atoms with E-state index in [1.54, 1.807) is 7.11 Å². The van der Waals surface area contributed by atoms with Crippen LogP contribution in [0.3, 0.4) is 0 Å². The summed E-state index contributed by atoms with van der Waals surface area (Å²) in [5.41, 5.74) is 1.19. The summed E-state index contributed by atoms with van der Waals surface area (Å²) in [4.78, 5) is 2.26. The van der Waals surface area contributed by atoms with Gasteiger partial charge in [-0.3, -0.25) is 0 Å². The summed E-state index contributed by atoms with van der Waals surface area (Å²) in [6.45, 7) is 6.20. The molecule has 0 radical (unpaired) electrons. The number of nitrogens with one attached hydrogen (secondary N) is 1. The summed E-state index contributed by atoms with van der Waals surface area (Å²) >= 11 is 0. The first-order valence-corrected chi connectivity index (χ1v) is 6.32. The molecule has 100 valence electrons. The fourth-order valence-corrected chi connectivity index (χ4v) is 2.35. The quantitative estimate of drug-likeness (QED) is 0.847. The van der Waals surface area contributed by atoms with E-state index in [-0.39, 0.29) is 18.2 Å². The number of nitrogens with zero attached hydrogens (tertiary/aromatic N) is 1. The molecule has 1 unspecified atom stereocenters. The molecule has 18 heavy (non-hydrogen) atoms. The van der Waals surface area contributed by atoms with Gasteiger partial charge in [-0.2, -0.15) is 0 Å². The minimum Gasteiger partial charge on any atom is -0.497 e. The van der Waals surface area contributed by atoms with Crippen LogP contribution in [0.5, 0.6) is 5.75 Å². The third-order valence-electron chi connectivity index (χ3n) is 3.44. The number of anilines is 1. The van der Waals surface area contributed by atoms with Gasteiger partial charge in [-0.25, -0.2) is 0 Å². The lowest BCUT2D eigenvalue weighted by atomic mass is 9.98. The second kappa shape index (κ2) is 5.16. The maximum absolute atomic E-state index is 9.49. The van der Waals surface area contributed by atoms with Gasteiger partial charge in [0.1, 0.15) is 5.75 Å². The van der Waals surface area contributed by atoms with E-state index in [1.165, 1.54) is 0 Å². The molecule has 0 amide bonds. The molecule has 2 N–H and O–H groups in total. The highest BCUT2D eigenvalue weighted by molar-refractivity contribution is 5.51. The van der Waals surface area contributed by atoms with Crippen LogP contribution >= 0.6 is 0 Å². The number of aliphatic hydroxyl groups excluding tert-OH is 1. The second-order valence-corrected chi connectivity index (χ2v) is 5.43. The molecule has 0 aliphatic carbocycles. The van der Waals surface area contributed by atoms with Gasteiger partial charge in [0.15, 0.2) is 0 Å². The maximum atomic E-state index is 9.49. The number of ether oxygens (including phenoxy) is 1. The van der Waals surface area contributed by atoms with Gasteiger partial charge >= 0.3 is 0 Å². The second-order valence-electron chi connectivity index (χ2n) is 5.43. The Morgan fingerprint density at radius 3 is 2.61 bits per heavy atom. The topological polar surface area (TPSA) is 44.7 Å². The average Bonchev–Trinajstić information content (AvgIpc) is 2.38. The first-order chi connectivity index (χ1) is 8.55. The van der Waals surface area contributed by atoms with Crippen molar-refractivity contribution < 1.29 is 9.84 Å². The molecule has 0 aromatic heterocycles. The molecule has 0 spiro atoms. The monoisotopic (exact) mass is 250 g/mol. The van der Waals surface area contributed by atoms with Crippen molar-refractivity contribution in [3.05, 3.63) is 24.3 Å². The molecule has 1 atom stereocenters.